The van der Waals surface area contributed by atoms with Crippen LogP contribution in [0.2, 0.25) is 0 Å². The molecule has 4 nitrogen and oxygen atoms in total. The number of allylic oxidation sites excluding steroid dienone is 1. The van der Waals surface area contributed by atoms with Crippen molar-refractivity contribution in [2.75, 3.05) is 9.80 Å². The number of hydrogen-bond donors (Lipinski definition) is 0. The number of aromatic nitrogens is 1. The summed E-state index contributed by atoms with van der Waals surface area (Å²) in [5.74, 6) is 0. The van der Waals surface area contributed by atoms with Gasteiger partial charge < -0.3 is 18.8 Å². The van der Waals surface area contributed by atoms with Crippen LogP contribution in [0.4, 0.5) is 22.7 Å². The Morgan fingerprint density at radius 2 is 1.22 bits per heavy atom. The molecule has 1 aliphatic carbocycles. The highest BCUT2D eigenvalue weighted by molar-refractivity contribution is 7.26. The summed E-state index contributed by atoms with van der Waals surface area (Å²) in [5, 5.41) is 7.14. The first-order valence-electron chi connectivity index (χ1n) is 22.4. The van der Waals surface area contributed by atoms with Crippen LogP contribution < -0.4 is 9.80 Å². The van der Waals surface area contributed by atoms with E-state index >= 15 is 0 Å². The number of thiophene rings is 1. The van der Waals surface area contributed by atoms with Gasteiger partial charge in [-0.3, -0.25) is 0 Å². The molecule has 4 heterocycles. The molecule has 0 radical (unpaired) electrons. The molecular weight excluding hydrogens is 811 g/mol. The van der Waals surface area contributed by atoms with Crippen molar-refractivity contribution in [3.05, 3.63) is 230 Å². The zero-order chi connectivity index (χ0) is 42.6. The monoisotopic (exact) mass is 849 g/mol. The Hall–Kier alpha value is -8.12. The lowest BCUT2D eigenvalue weighted by Gasteiger charge is -2.33. The van der Waals surface area contributed by atoms with E-state index in [-0.39, 0.29) is 6.04 Å². The van der Waals surface area contributed by atoms with Gasteiger partial charge in [0.15, 0.2) is 0 Å². The van der Waals surface area contributed by atoms with Gasteiger partial charge in [-0.15, -0.1) is 11.3 Å². The first-order chi connectivity index (χ1) is 32.2. The molecule has 1 atom stereocenters. The van der Waals surface area contributed by atoms with Gasteiger partial charge in [-0.25, -0.2) is 0 Å². The van der Waals surface area contributed by atoms with Crippen LogP contribution in [0.15, 0.2) is 229 Å². The Bertz CT molecular complexity index is 3930. The summed E-state index contributed by atoms with van der Waals surface area (Å²) in [6.45, 7) is 0. The van der Waals surface area contributed by atoms with E-state index in [1.807, 2.05) is 11.3 Å². The molecule has 0 spiro atoms. The normalized spacial score (nSPS) is 14.7. The van der Waals surface area contributed by atoms with Crippen LogP contribution in [0.25, 0.3) is 86.3 Å². The average Bonchev–Trinajstić information content (AvgIpc) is 4.12. The van der Waals surface area contributed by atoms with Crippen LogP contribution in [-0.4, -0.2) is 10.6 Å². The molecule has 0 saturated carbocycles. The fourth-order valence-corrected chi connectivity index (χ4v) is 12.1. The summed E-state index contributed by atoms with van der Waals surface area (Å²) in [4.78, 5) is 4.98. The van der Waals surface area contributed by atoms with Gasteiger partial charge in [0.05, 0.1) is 22.5 Å². The molecule has 14 rings (SSSR count). The molecule has 306 valence electrons. The molecule has 0 saturated heterocycles. The maximum atomic E-state index is 6.80. The maximum Gasteiger partial charge on any atom is 0.145 e. The topological polar surface area (TPSA) is 24.6 Å². The molecule has 9 aromatic carbocycles. The van der Waals surface area contributed by atoms with Gasteiger partial charge in [0.1, 0.15) is 11.2 Å². The lowest BCUT2D eigenvalue weighted by molar-refractivity contribution is 0.673. The SMILES string of the molecule is C1=C2c3ccccc3N(c3ccccc3)C2CC=C1N(c1ccc(-c2cccc3c2sc2ccccc23)cc1)c1ccc2c(c1)c1c3oc4ccccc4c3ccc1n2-c1ccccc1. The van der Waals surface area contributed by atoms with E-state index in [0.717, 1.165) is 72.9 Å². The van der Waals surface area contributed by atoms with E-state index in [1.54, 1.807) is 0 Å². The van der Waals surface area contributed by atoms with Gasteiger partial charge in [0, 0.05) is 76.0 Å². The second kappa shape index (κ2) is 14.2. The van der Waals surface area contributed by atoms with Crippen molar-refractivity contribution in [3.8, 4) is 16.8 Å². The molecule has 12 aromatic rings. The molecule has 1 unspecified atom stereocenters. The Morgan fingerprint density at radius 3 is 2.08 bits per heavy atom. The predicted octanol–water partition coefficient (Wildman–Crippen LogP) is 16.7. The molecule has 65 heavy (non-hydrogen) atoms. The van der Waals surface area contributed by atoms with Gasteiger partial charge >= 0.3 is 0 Å². The van der Waals surface area contributed by atoms with Crippen molar-refractivity contribution in [1.29, 1.82) is 0 Å². The highest BCUT2D eigenvalue weighted by Crippen LogP contribution is 2.50. The van der Waals surface area contributed by atoms with Gasteiger partial charge in [-0.1, -0.05) is 127 Å². The summed E-state index contributed by atoms with van der Waals surface area (Å²) in [7, 11) is 0. The number of benzene rings is 9. The number of furan rings is 1. The third kappa shape index (κ3) is 5.49. The highest BCUT2D eigenvalue weighted by atomic mass is 32.1. The first-order valence-corrected chi connectivity index (χ1v) is 23.2. The molecule has 3 aromatic heterocycles. The van der Waals surface area contributed by atoms with Gasteiger partial charge in [0.2, 0.25) is 0 Å². The standard InChI is InChI=1S/C60H39N3OS/c1-3-14-39(15-4-1)62-52-23-10-7-18-45(52)50-36-42(30-33-53(50)62)61(41-28-26-38(27-29-41)44-21-13-22-49-47-20-9-12-25-57(47)65-60(44)49)43-31-34-54-51(37-43)58-55(63(54)40-16-5-2-6-17-40)35-32-48-46-19-8-11-24-56(46)64-59(48)58/h1-32,34-37,53H,33H2. The molecule has 1 aliphatic heterocycles. The van der Waals surface area contributed by atoms with Gasteiger partial charge in [-0.2, -0.15) is 0 Å². The Labute approximate surface area is 379 Å². The zero-order valence-corrected chi connectivity index (χ0v) is 36.0. The largest absolute Gasteiger partial charge is 0.455 e. The van der Waals surface area contributed by atoms with E-state index in [0.29, 0.717) is 0 Å². The third-order valence-corrected chi connectivity index (χ3v) is 14.9. The third-order valence-electron chi connectivity index (χ3n) is 13.7. The zero-order valence-electron chi connectivity index (χ0n) is 35.2. The maximum absolute atomic E-state index is 6.80. The summed E-state index contributed by atoms with van der Waals surface area (Å²) < 4.78 is 11.8. The number of fused-ring (bicyclic) bond motifs is 13. The predicted molar refractivity (Wildman–Crippen MR) is 274 cm³/mol. The quantitative estimate of drug-likeness (QED) is 0.167. The van der Waals surface area contributed by atoms with Crippen molar-refractivity contribution in [2.45, 2.75) is 12.5 Å². The van der Waals surface area contributed by atoms with Crippen molar-refractivity contribution < 1.29 is 4.42 Å². The average molecular weight is 850 g/mol. The minimum atomic E-state index is 0.192. The van der Waals surface area contributed by atoms with Crippen LogP contribution in [0.5, 0.6) is 0 Å². The lowest BCUT2D eigenvalue weighted by atomic mass is 9.93. The van der Waals surface area contributed by atoms with Gasteiger partial charge in [-0.05, 0) is 114 Å². The van der Waals surface area contributed by atoms with Crippen LogP contribution in [0.1, 0.15) is 12.0 Å². The molecule has 0 N–H and O–H groups in total. The van der Waals surface area contributed by atoms with E-state index in [2.05, 4.69) is 233 Å². The van der Waals surface area contributed by atoms with Crippen molar-refractivity contribution in [3.63, 3.8) is 0 Å². The van der Waals surface area contributed by atoms with Crippen LogP contribution >= 0.6 is 11.3 Å². The molecule has 0 amide bonds. The Morgan fingerprint density at radius 1 is 0.523 bits per heavy atom. The van der Waals surface area contributed by atoms with E-state index in [1.165, 1.54) is 53.8 Å². The number of hydrogen-bond acceptors (Lipinski definition) is 4. The van der Waals surface area contributed by atoms with Gasteiger partial charge in [0.25, 0.3) is 0 Å². The fraction of sp³-hybridized carbons (Fsp3) is 0.0333. The van der Waals surface area contributed by atoms with E-state index in [9.17, 15) is 0 Å². The summed E-state index contributed by atoms with van der Waals surface area (Å²) >= 11 is 1.88. The molecule has 0 bridgehead atoms. The van der Waals surface area contributed by atoms with Crippen molar-refractivity contribution in [1.82, 2.24) is 4.57 Å². The number of rotatable bonds is 6. The number of para-hydroxylation sites is 4. The minimum Gasteiger partial charge on any atom is -0.455 e. The second-order valence-electron chi connectivity index (χ2n) is 17.2. The number of nitrogens with zero attached hydrogens (tertiary/aromatic N) is 3. The molecule has 2 aliphatic rings. The first kappa shape index (κ1) is 36.4. The molecule has 5 heteroatoms. The summed E-state index contributed by atoms with van der Waals surface area (Å²) in [5.41, 5.74) is 16.1. The van der Waals surface area contributed by atoms with Crippen LogP contribution in [0.3, 0.4) is 0 Å². The molecular formula is C60H39N3OS. The lowest BCUT2D eigenvalue weighted by Crippen LogP contribution is -2.29. The van der Waals surface area contributed by atoms with Crippen LogP contribution in [0, 0.1) is 0 Å². The number of anilines is 4. The van der Waals surface area contributed by atoms with E-state index < -0.39 is 0 Å². The van der Waals surface area contributed by atoms with Crippen LogP contribution in [-0.2, 0) is 0 Å². The van der Waals surface area contributed by atoms with Crippen molar-refractivity contribution in [2.24, 2.45) is 0 Å². The Balaban J connectivity index is 0.979. The fourth-order valence-electron chi connectivity index (χ4n) is 10.8. The smallest absolute Gasteiger partial charge is 0.145 e. The highest BCUT2D eigenvalue weighted by Gasteiger charge is 2.36. The van der Waals surface area contributed by atoms with Crippen molar-refractivity contribution >= 4 is 104 Å². The summed E-state index contributed by atoms with van der Waals surface area (Å²) in [6, 6.07) is 75.2. The second-order valence-corrected chi connectivity index (χ2v) is 18.2. The molecule has 0 fully saturated rings. The minimum absolute atomic E-state index is 0.192. The summed E-state index contributed by atoms with van der Waals surface area (Å²) in [6.07, 6.45) is 5.75. The Kier molecular flexibility index (Phi) is 7.94. The van der Waals surface area contributed by atoms with E-state index in [4.69, 9.17) is 4.42 Å².